The number of fused-ring (bicyclic) bond motifs is 3. The molecule has 4 rings (SSSR count). The second-order valence-corrected chi connectivity index (χ2v) is 8.71. The lowest BCUT2D eigenvalue weighted by atomic mass is 9.57. The molecule has 4 atom stereocenters. The minimum Gasteiger partial charge on any atom is -0.508 e. The van der Waals surface area contributed by atoms with Crippen LogP contribution in [0.1, 0.15) is 24.5 Å². The van der Waals surface area contributed by atoms with Gasteiger partial charge in [0, 0.05) is 17.1 Å². The molecular weight excluding hydrogens is 432 g/mol. The Morgan fingerprint density at radius 2 is 1.94 bits per heavy atom. The van der Waals surface area contributed by atoms with E-state index in [-0.39, 0.29) is 29.7 Å². The highest BCUT2D eigenvalue weighted by atomic mass is 16.5. The summed E-state index contributed by atoms with van der Waals surface area (Å²) in [6.07, 6.45) is 0.227. The number of amides is 1. The fourth-order valence-electron chi connectivity index (χ4n) is 5.52. The number of nitrogens with two attached hydrogens (primary N) is 1. The summed E-state index contributed by atoms with van der Waals surface area (Å²) in [4.78, 5) is 40.4. The molecule has 1 aromatic carbocycles. The Labute approximate surface area is 189 Å². The van der Waals surface area contributed by atoms with Gasteiger partial charge in [-0.1, -0.05) is 6.92 Å². The van der Waals surface area contributed by atoms with Crippen LogP contribution in [0.2, 0.25) is 0 Å². The van der Waals surface area contributed by atoms with Crippen LogP contribution in [0.5, 0.6) is 11.5 Å². The van der Waals surface area contributed by atoms with Gasteiger partial charge in [0.05, 0.1) is 18.7 Å². The zero-order valence-corrected chi connectivity index (χ0v) is 18.5. The van der Waals surface area contributed by atoms with Gasteiger partial charge < -0.3 is 30.9 Å². The number of aliphatic hydroxyl groups is 3. The Hall–Kier alpha value is -3.37. The molecule has 0 radical (unpaired) electrons. The molecule has 1 amide bonds. The van der Waals surface area contributed by atoms with Gasteiger partial charge in [0.15, 0.2) is 11.4 Å². The van der Waals surface area contributed by atoms with Crippen molar-refractivity contribution in [3.63, 3.8) is 0 Å². The number of methoxy groups -OCH3 is 1. The Bertz CT molecular complexity index is 1150. The van der Waals surface area contributed by atoms with Crippen molar-refractivity contribution in [2.75, 3.05) is 20.7 Å². The topological polar surface area (TPSA) is 171 Å². The van der Waals surface area contributed by atoms with E-state index in [0.29, 0.717) is 17.9 Å². The Morgan fingerprint density at radius 3 is 2.52 bits per heavy atom. The Balaban J connectivity index is 1.98. The Kier molecular flexibility index (Phi) is 5.25. The average Bonchev–Trinajstić information content (AvgIpc) is 2.76. The summed E-state index contributed by atoms with van der Waals surface area (Å²) in [6.45, 7) is 2.12. The van der Waals surface area contributed by atoms with Gasteiger partial charge in [0.2, 0.25) is 5.78 Å². The normalized spacial score (nSPS) is 29.1. The van der Waals surface area contributed by atoms with E-state index in [1.54, 1.807) is 24.9 Å². The maximum absolute atomic E-state index is 13.7. The standard InChI is InChI=1S/C23H26N2O8/c1-4-25(2)17-11-8-9-7-10-13(33-3)6-5-12(26)15(10)18(27)14(9)20(29)23(11,32)21(30)16(19(17)28)22(24)31/h5-6,9,11,17,26-27,30,32H,4,7-8H2,1-3H3,(H2,24,31)/t9-,11-,17-,23-/m0/s1. The largest absolute Gasteiger partial charge is 0.508 e. The molecule has 0 aromatic heterocycles. The SMILES string of the molecule is CCN(C)[C@@H]1C(=O)C(C(N)=O)=C(O)[C@@]2(O)C(=O)C3=C(O)c4c(O)ccc(OC)c4C[C@H]3C[C@@H]12. The summed E-state index contributed by atoms with van der Waals surface area (Å²) in [7, 11) is 3.04. The van der Waals surface area contributed by atoms with Crippen LogP contribution in [0, 0.1) is 11.8 Å². The number of ketones is 2. The van der Waals surface area contributed by atoms with Crippen molar-refractivity contribution in [2.45, 2.75) is 31.4 Å². The molecule has 33 heavy (non-hydrogen) atoms. The number of phenolic OH excluding ortho intramolecular Hbond substituents is 1. The van der Waals surface area contributed by atoms with Gasteiger partial charge >= 0.3 is 0 Å². The number of aliphatic hydroxyl groups excluding tert-OH is 2. The number of ether oxygens (including phenoxy) is 1. The first-order valence-electron chi connectivity index (χ1n) is 10.6. The van der Waals surface area contributed by atoms with Crippen LogP contribution in [-0.4, -0.2) is 75.1 Å². The summed E-state index contributed by atoms with van der Waals surface area (Å²) >= 11 is 0. The van der Waals surface area contributed by atoms with Crippen molar-refractivity contribution in [1.29, 1.82) is 0 Å². The van der Waals surface area contributed by atoms with Crippen molar-refractivity contribution in [2.24, 2.45) is 17.6 Å². The summed E-state index contributed by atoms with van der Waals surface area (Å²) in [6, 6.07) is 1.76. The maximum atomic E-state index is 13.7. The fraction of sp³-hybridized carbons (Fsp3) is 0.435. The van der Waals surface area contributed by atoms with Crippen LogP contribution in [-0.2, 0) is 20.8 Å². The molecule has 1 aromatic rings. The number of carbonyl (C=O) groups is 3. The molecule has 10 nitrogen and oxygen atoms in total. The third-order valence-corrected chi connectivity index (χ3v) is 7.20. The predicted molar refractivity (Wildman–Crippen MR) is 115 cm³/mol. The summed E-state index contributed by atoms with van der Waals surface area (Å²) in [5.74, 6) is -6.31. The first kappa shape index (κ1) is 22.8. The van der Waals surface area contributed by atoms with Gasteiger partial charge in [0.25, 0.3) is 5.91 Å². The molecule has 1 fully saturated rings. The van der Waals surface area contributed by atoms with Crippen molar-refractivity contribution in [1.82, 2.24) is 4.90 Å². The molecule has 3 aliphatic rings. The zero-order valence-electron chi connectivity index (χ0n) is 18.5. The van der Waals surface area contributed by atoms with Crippen molar-refractivity contribution < 1.29 is 39.5 Å². The lowest BCUT2D eigenvalue weighted by Gasteiger charge is -2.50. The molecule has 0 spiro atoms. The molecule has 0 heterocycles. The number of benzene rings is 1. The van der Waals surface area contributed by atoms with Gasteiger partial charge in [-0.05, 0) is 44.5 Å². The highest BCUT2D eigenvalue weighted by molar-refractivity contribution is 6.24. The number of carbonyl (C=O) groups excluding carboxylic acids is 3. The number of hydrogen-bond acceptors (Lipinski definition) is 9. The highest BCUT2D eigenvalue weighted by Gasteiger charge is 2.64. The molecule has 3 aliphatic carbocycles. The number of Topliss-reactive ketones (excluding diaryl/α,β-unsaturated/α-hetero) is 2. The molecule has 6 N–H and O–H groups in total. The monoisotopic (exact) mass is 458 g/mol. The third-order valence-electron chi connectivity index (χ3n) is 7.20. The summed E-state index contributed by atoms with van der Waals surface area (Å²) in [5, 5.41) is 43.8. The van der Waals surface area contributed by atoms with E-state index < -0.39 is 58.0 Å². The molecular formula is C23H26N2O8. The number of aromatic hydroxyl groups is 1. The van der Waals surface area contributed by atoms with E-state index in [1.807, 2.05) is 0 Å². The molecule has 176 valence electrons. The second-order valence-electron chi connectivity index (χ2n) is 8.71. The lowest BCUT2D eigenvalue weighted by molar-refractivity contribution is -0.154. The summed E-state index contributed by atoms with van der Waals surface area (Å²) in [5.41, 5.74) is 2.16. The second kappa shape index (κ2) is 7.60. The van der Waals surface area contributed by atoms with E-state index in [9.17, 15) is 34.8 Å². The van der Waals surface area contributed by atoms with Gasteiger partial charge in [-0.2, -0.15) is 0 Å². The van der Waals surface area contributed by atoms with E-state index >= 15 is 0 Å². The van der Waals surface area contributed by atoms with Gasteiger partial charge in [-0.25, -0.2) is 0 Å². The summed E-state index contributed by atoms with van der Waals surface area (Å²) < 4.78 is 5.36. The minimum atomic E-state index is -2.64. The zero-order chi connectivity index (χ0) is 24.4. The molecule has 0 unspecified atom stereocenters. The van der Waals surface area contributed by atoms with Crippen LogP contribution in [0.25, 0.3) is 5.76 Å². The number of phenols is 1. The highest BCUT2D eigenvalue weighted by Crippen LogP contribution is 2.53. The molecule has 1 saturated carbocycles. The molecule has 10 heteroatoms. The molecule has 0 bridgehead atoms. The number of likely N-dealkylation sites (N-methyl/N-ethyl adjacent to an activating group) is 1. The first-order valence-corrected chi connectivity index (χ1v) is 10.6. The number of nitrogens with zero attached hydrogens (tertiary/aromatic N) is 1. The minimum absolute atomic E-state index is 0.00343. The number of primary amides is 1. The van der Waals surface area contributed by atoms with Gasteiger partial charge in [-0.3, -0.25) is 19.3 Å². The van der Waals surface area contributed by atoms with Gasteiger partial charge in [-0.15, -0.1) is 0 Å². The van der Waals surface area contributed by atoms with E-state index in [1.165, 1.54) is 13.2 Å². The number of hydrogen-bond donors (Lipinski definition) is 5. The average molecular weight is 458 g/mol. The number of rotatable bonds is 4. The van der Waals surface area contributed by atoms with E-state index in [4.69, 9.17) is 10.5 Å². The van der Waals surface area contributed by atoms with Crippen LogP contribution in [0.15, 0.2) is 29.0 Å². The van der Waals surface area contributed by atoms with E-state index in [2.05, 4.69) is 0 Å². The van der Waals surface area contributed by atoms with Crippen molar-refractivity contribution in [3.05, 3.63) is 40.2 Å². The smallest absolute Gasteiger partial charge is 0.255 e. The van der Waals surface area contributed by atoms with Crippen molar-refractivity contribution in [3.8, 4) is 11.5 Å². The predicted octanol–water partition coefficient (Wildman–Crippen LogP) is 0.363. The fourth-order valence-corrected chi connectivity index (χ4v) is 5.52. The van der Waals surface area contributed by atoms with E-state index in [0.717, 1.165) is 0 Å². The van der Waals surface area contributed by atoms with Crippen molar-refractivity contribution >= 4 is 23.2 Å². The van der Waals surface area contributed by atoms with Crippen LogP contribution in [0.4, 0.5) is 0 Å². The maximum Gasteiger partial charge on any atom is 0.255 e. The van der Waals surface area contributed by atoms with Crippen LogP contribution < -0.4 is 10.5 Å². The third kappa shape index (κ3) is 2.90. The van der Waals surface area contributed by atoms with Crippen LogP contribution in [0.3, 0.4) is 0 Å². The van der Waals surface area contributed by atoms with Crippen LogP contribution >= 0.6 is 0 Å². The quantitative estimate of drug-likeness (QED) is 0.400. The molecule has 0 saturated heterocycles. The Morgan fingerprint density at radius 1 is 1.27 bits per heavy atom. The first-order chi connectivity index (χ1) is 15.5. The van der Waals surface area contributed by atoms with Gasteiger partial charge in [0.1, 0.15) is 28.6 Å². The molecule has 0 aliphatic heterocycles. The lowest BCUT2D eigenvalue weighted by Crippen LogP contribution is -2.66.